The SMILES string of the molecule is CC(C)[C@@H](O)CCNC(=O)[C@H](C)Sc1nnnn1C1CC1. The first-order valence-corrected chi connectivity index (χ1v) is 8.27. The summed E-state index contributed by atoms with van der Waals surface area (Å²) in [5.41, 5.74) is 0. The Bertz CT molecular complexity index is 475. The summed E-state index contributed by atoms with van der Waals surface area (Å²) in [4.78, 5) is 12.0. The fourth-order valence-electron chi connectivity index (χ4n) is 1.84. The van der Waals surface area contributed by atoms with Crippen molar-refractivity contribution >= 4 is 17.7 Å². The van der Waals surface area contributed by atoms with Crippen molar-refractivity contribution in [1.82, 2.24) is 25.5 Å². The Morgan fingerprint density at radius 1 is 1.48 bits per heavy atom. The average Bonchev–Trinajstić information content (AvgIpc) is 3.18. The summed E-state index contributed by atoms with van der Waals surface area (Å²) in [6.45, 7) is 6.24. The van der Waals surface area contributed by atoms with Crippen molar-refractivity contribution in [3.05, 3.63) is 0 Å². The van der Waals surface area contributed by atoms with Crippen LogP contribution in [0, 0.1) is 5.92 Å². The van der Waals surface area contributed by atoms with Gasteiger partial charge in [-0.3, -0.25) is 4.79 Å². The van der Waals surface area contributed by atoms with Crippen LogP contribution in [0.15, 0.2) is 5.16 Å². The number of thioether (sulfide) groups is 1. The van der Waals surface area contributed by atoms with Crippen LogP contribution in [-0.2, 0) is 4.79 Å². The average molecular weight is 313 g/mol. The lowest BCUT2D eigenvalue weighted by Gasteiger charge is -2.16. The van der Waals surface area contributed by atoms with E-state index in [4.69, 9.17) is 0 Å². The number of rotatable bonds is 8. The van der Waals surface area contributed by atoms with Crippen LogP contribution in [0.25, 0.3) is 0 Å². The normalized spacial score (nSPS) is 17.8. The van der Waals surface area contributed by atoms with Crippen LogP contribution in [0.3, 0.4) is 0 Å². The van der Waals surface area contributed by atoms with Crippen molar-refractivity contribution in [2.24, 2.45) is 5.92 Å². The molecule has 1 aliphatic carbocycles. The van der Waals surface area contributed by atoms with Gasteiger partial charge in [0, 0.05) is 6.54 Å². The summed E-state index contributed by atoms with van der Waals surface area (Å²) >= 11 is 1.37. The highest BCUT2D eigenvalue weighted by Crippen LogP contribution is 2.37. The van der Waals surface area contributed by atoms with Crippen LogP contribution in [0.4, 0.5) is 0 Å². The van der Waals surface area contributed by atoms with Gasteiger partial charge < -0.3 is 10.4 Å². The predicted octanol–water partition coefficient (Wildman–Crippen LogP) is 1.01. The maximum atomic E-state index is 12.0. The molecule has 1 saturated carbocycles. The highest BCUT2D eigenvalue weighted by molar-refractivity contribution is 8.00. The molecule has 1 aromatic rings. The maximum absolute atomic E-state index is 12.0. The summed E-state index contributed by atoms with van der Waals surface area (Å²) in [7, 11) is 0. The third-order valence-electron chi connectivity index (χ3n) is 3.52. The monoisotopic (exact) mass is 313 g/mol. The first kappa shape index (κ1) is 16.2. The Morgan fingerprint density at radius 2 is 2.19 bits per heavy atom. The second-order valence-electron chi connectivity index (χ2n) is 5.79. The molecule has 7 nitrogen and oxygen atoms in total. The Labute approximate surface area is 128 Å². The minimum absolute atomic E-state index is 0.0543. The second-order valence-corrected chi connectivity index (χ2v) is 7.10. The molecule has 0 aliphatic heterocycles. The third-order valence-corrected chi connectivity index (χ3v) is 4.56. The van der Waals surface area contributed by atoms with Gasteiger partial charge in [0.05, 0.1) is 17.4 Å². The molecule has 1 heterocycles. The molecule has 0 saturated heterocycles. The lowest BCUT2D eigenvalue weighted by molar-refractivity contribution is -0.120. The zero-order chi connectivity index (χ0) is 15.4. The predicted molar refractivity (Wildman–Crippen MR) is 79.9 cm³/mol. The number of aliphatic hydroxyl groups is 1. The van der Waals surface area contributed by atoms with Crippen molar-refractivity contribution in [3.63, 3.8) is 0 Å². The van der Waals surface area contributed by atoms with Gasteiger partial charge in [-0.1, -0.05) is 25.6 Å². The Hall–Kier alpha value is -1.15. The molecule has 1 fully saturated rings. The summed E-state index contributed by atoms with van der Waals surface area (Å²) in [6, 6.07) is 0.402. The molecule has 8 heteroatoms. The summed E-state index contributed by atoms with van der Waals surface area (Å²) in [5.74, 6) is 0.151. The van der Waals surface area contributed by atoms with Crippen LogP contribution in [-0.4, -0.2) is 49.1 Å². The van der Waals surface area contributed by atoms with E-state index in [9.17, 15) is 9.90 Å². The number of hydrogen-bond donors (Lipinski definition) is 2. The van der Waals surface area contributed by atoms with Gasteiger partial charge in [0.25, 0.3) is 0 Å². The number of tetrazole rings is 1. The van der Waals surface area contributed by atoms with Crippen molar-refractivity contribution in [2.75, 3.05) is 6.54 Å². The number of carbonyl (C=O) groups is 1. The lowest BCUT2D eigenvalue weighted by atomic mass is 10.0. The van der Waals surface area contributed by atoms with Crippen LogP contribution < -0.4 is 5.32 Å². The summed E-state index contributed by atoms with van der Waals surface area (Å²) < 4.78 is 1.80. The fourth-order valence-corrected chi connectivity index (χ4v) is 2.73. The summed E-state index contributed by atoms with van der Waals surface area (Å²) in [5, 5.41) is 24.6. The number of hydrogen-bond acceptors (Lipinski definition) is 6. The first-order chi connectivity index (χ1) is 9.99. The van der Waals surface area contributed by atoms with Crippen LogP contribution >= 0.6 is 11.8 Å². The van der Waals surface area contributed by atoms with E-state index in [0.29, 0.717) is 24.2 Å². The van der Waals surface area contributed by atoms with E-state index in [1.807, 2.05) is 20.8 Å². The largest absolute Gasteiger partial charge is 0.393 e. The fraction of sp³-hybridized carbons (Fsp3) is 0.846. The van der Waals surface area contributed by atoms with Gasteiger partial charge in [0.2, 0.25) is 11.1 Å². The quantitative estimate of drug-likeness (QED) is 0.696. The van der Waals surface area contributed by atoms with Crippen molar-refractivity contribution in [3.8, 4) is 0 Å². The summed E-state index contributed by atoms with van der Waals surface area (Å²) in [6.07, 6.45) is 2.40. The topological polar surface area (TPSA) is 92.9 Å². The van der Waals surface area contributed by atoms with Crippen molar-refractivity contribution in [2.45, 2.75) is 62.6 Å². The lowest BCUT2D eigenvalue weighted by Crippen LogP contribution is -2.34. The molecule has 118 valence electrons. The van der Waals surface area contributed by atoms with E-state index in [0.717, 1.165) is 12.8 Å². The minimum Gasteiger partial charge on any atom is -0.393 e. The molecule has 21 heavy (non-hydrogen) atoms. The van der Waals surface area contributed by atoms with Crippen molar-refractivity contribution < 1.29 is 9.90 Å². The molecular formula is C13H23N5O2S. The molecule has 0 bridgehead atoms. The van der Waals surface area contributed by atoms with Crippen LogP contribution in [0.1, 0.15) is 46.1 Å². The Balaban J connectivity index is 1.76. The number of aliphatic hydroxyl groups excluding tert-OH is 1. The molecule has 0 radical (unpaired) electrons. The molecule has 1 aromatic heterocycles. The molecule has 2 rings (SSSR count). The number of aromatic nitrogens is 4. The van der Waals surface area contributed by atoms with E-state index in [1.165, 1.54) is 11.8 Å². The molecule has 1 amide bonds. The smallest absolute Gasteiger partial charge is 0.233 e. The number of nitrogens with one attached hydrogen (secondary N) is 1. The molecule has 1 aliphatic rings. The molecule has 2 N–H and O–H groups in total. The van der Waals surface area contributed by atoms with Gasteiger partial charge in [-0.25, -0.2) is 4.68 Å². The molecule has 2 atom stereocenters. The number of amides is 1. The van der Waals surface area contributed by atoms with Gasteiger partial charge in [-0.05, 0) is 42.5 Å². The maximum Gasteiger partial charge on any atom is 0.233 e. The molecule has 0 aromatic carbocycles. The Kier molecular flexibility index (Phi) is 5.58. The number of carbonyl (C=O) groups excluding carboxylic acids is 1. The second kappa shape index (κ2) is 7.22. The molecule has 0 spiro atoms. The van der Waals surface area contributed by atoms with Gasteiger partial charge in [-0.2, -0.15) is 0 Å². The van der Waals surface area contributed by atoms with Gasteiger partial charge in [0.15, 0.2) is 0 Å². The van der Waals surface area contributed by atoms with E-state index in [-0.39, 0.29) is 23.2 Å². The minimum atomic E-state index is -0.379. The van der Waals surface area contributed by atoms with E-state index in [1.54, 1.807) is 4.68 Å². The van der Waals surface area contributed by atoms with Gasteiger partial charge >= 0.3 is 0 Å². The van der Waals surface area contributed by atoms with E-state index in [2.05, 4.69) is 20.8 Å². The van der Waals surface area contributed by atoms with E-state index < -0.39 is 0 Å². The zero-order valence-corrected chi connectivity index (χ0v) is 13.5. The zero-order valence-electron chi connectivity index (χ0n) is 12.7. The van der Waals surface area contributed by atoms with E-state index >= 15 is 0 Å². The first-order valence-electron chi connectivity index (χ1n) is 7.39. The highest BCUT2D eigenvalue weighted by atomic mass is 32.2. The Morgan fingerprint density at radius 3 is 2.81 bits per heavy atom. The van der Waals surface area contributed by atoms with Crippen LogP contribution in [0.5, 0.6) is 0 Å². The molecular weight excluding hydrogens is 290 g/mol. The highest BCUT2D eigenvalue weighted by Gasteiger charge is 2.29. The number of nitrogens with zero attached hydrogens (tertiary/aromatic N) is 4. The van der Waals surface area contributed by atoms with Gasteiger partial charge in [-0.15, -0.1) is 5.10 Å². The van der Waals surface area contributed by atoms with Gasteiger partial charge in [0.1, 0.15) is 0 Å². The standard InChI is InChI=1S/C13H23N5O2S/c1-8(2)11(19)6-7-14-12(20)9(3)21-13-15-16-17-18(13)10-4-5-10/h8-11,19H,4-7H2,1-3H3,(H,14,20)/t9-,11-/m0/s1. The van der Waals surface area contributed by atoms with Crippen molar-refractivity contribution in [1.29, 1.82) is 0 Å². The van der Waals surface area contributed by atoms with Crippen LogP contribution in [0.2, 0.25) is 0 Å². The molecule has 0 unspecified atom stereocenters. The third kappa shape index (κ3) is 4.67.